The maximum absolute atomic E-state index is 12.8. The lowest BCUT2D eigenvalue weighted by Gasteiger charge is -2.07. The van der Waals surface area contributed by atoms with E-state index in [-0.39, 0.29) is 23.2 Å². The smallest absolute Gasteiger partial charge is 0.341 e. The van der Waals surface area contributed by atoms with Crippen LogP contribution < -0.4 is 5.32 Å². The minimum Gasteiger partial charge on any atom is -0.341 e. The molecular formula is C20H16F3N3O2. The highest BCUT2D eigenvalue weighted by Crippen LogP contribution is 2.31. The molecule has 28 heavy (non-hydrogen) atoms. The molecule has 0 unspecified atom stereocenters. The van der Waals surface area contributed by atoms with E-state index in [4.69, 9.17) is 4.52 Å². The summed E-state index contributed by atoms with van der Waals surface area (Å²) in [6.07, 6.45) is -1.44. The van der Waals surface area contributed by atoms with Crippen LogP contribution >= 0.6 is 0 Å². The minimum absolute atomic E-state index is 0.0158. The van der Waals surface area contributed by atoms with E-state index in [0.29, 0.717) is 0 Å². The van der Waals surface area contributed by atoms with Gasteiger partial charge in [0.25, 0.3) is 0 Å². The van der Waals surface area contributed by atoms with Crippen LogP contribution in [0.15, 0.2) is 65.2 Å². The first-order valence-electron chi connectivity index (χ1n) is 8.38. The first kappa shape index (κ1) is 19.3. The van der Waals surface area contributed by atoms with E-state index in [1.54, 1.807) is 13.0 Å². The number of carbonyl (C=O) groups excluding carboxylic acids is 1. The predicted molar refractivity (Wildman–Crippen MR) is 96.8 cm³/mol. The van der Waals surface area contributed by atoms with Crippen LogP contribution in [0.5, 0.6) is 0 Å². The molecule has 2 aromatic carbocycles. The van der Waals surface area contributed by atoms with Crippen molar-refractivity contribution in [2.75, 3.05) is 0 Å². The Bertz CT molecular complexity index is 982. The number of alkyl halides is 3. The van der Waals surface area contributed by atoms with Crippen molar-refractivity contribution in [1.29, 1.82) is 0 Å². The van der Waals surface area contributed by atoms with Crippen molar-refractivity contribution in [2.24, 2.45) is 0 Å². The fourth-order valence-corrected chi connectivity index (χ4v) is 2.42. The van der Waals surface area contributed by atoms with Crippen LogP contribution in [0.4, 0.5) is 13.2 Å². The molecule has 0 radical (unpaired) electrons. The van der Waals surface area contributed by atoms with Gasteiger partial charge in [-0.1, -0.05) is 47.6 Å². The number of benzene rings is 2. The van der Waals surface area contributed by atoms with Crippen LogP contribution in [0.1, 0.15) is 30.0 Å². The summed E-state index contributed by atoms with van der Waals surface area (Å²) in [4.78, 5) is 16.1. The molecule has 8 heteroatoms. The van der Waals surface area contributed by atoms with Crippen molar-refractivity contribution in [3.63, 3.8) is 0 Å². The van der Waals surface area contributed by atoms with Crippen molar-refractivity contribution in [1.82, 2.24) is 15.5 Å². The van der Waals surface area contributed by atoms with Gasteiger partial charge in [-0.15, -0.1) is 0 Å². The SMILES string of the molecule is C[C@@H](NC(=O)/C=C/c1ccccc1)c1nc(-c2cccc(C(F)(F)F)c2)no1. The summed E-state index contributed by atoms with van der Waals surface area (Å²) in [6, 6.07) is 13.3. The van der Waals surface area contributed by atoms with E-state index in [1.807, 2.05) is 30.3 Å². The van der Waals surface area contributed by atoms with Gasteiger partial charge in [0, 0.05) is 11.6 Å². The molecule has 0 fully saturated rings. The van der Waals surface area contributed by atoms with Crippen LogP contribution in [-0.4, -0.2) is 16.0 Å². The summed E-state index contributed by atoms with van der Waals surface area (Å²) < 4.78 is 43.6. The van der Waals surface area contributed by atoms with Crippen molar-refractivity contribution in [2.45, 2.75) is 19.1 Å². The summed E-state index contributed by atoms with van der Waals surface area (Å²) in [5.74, 6) is -0.258. The Morgan fingerprint density at radius 3 is 2.61 bits per heavy atom. The molecule has 5 nitrogen and oxygen atoms in total. The quantitative estimate of drug-likeness (QED) is 0.648. The molecule has 1 amide bonds. The lowest BCUT2D eigenvalue weighted by molar-refractivity contribution is -0.137. The number of rotatable bonds is 5. The Kier molecular flexibility index (Phi) is 5.58. The zero-order valence-electron chi connectivity index (χ0n) is 14.8. The Labute approximate surface area is 158 Å². The van der Waals surface area contributed by atoms with E-state index in [9.17, 15) is 18.0 Å². The summed E-state index contributed by atoms with van der Waals surface area (Å²) in [6.45, 7) is 1.64. The molecule has 0 spiro atoms. The van der Waals surface area contributed by atoms with E-state index < -0.39 is 17.8 Å². The number of nitrogens with one attached hydrogen (secondary N) is 1. The number of hydrogen-bond acceptors (Lipinski definition) is 4. The number of carbonyl (C=O) groups is 1. The molecule has 1 atom stereocenters. The summed E-state index contributed by atoms with van der Waals surface area (Å²) in [5, 5.41) is 6.37. The number of aromatic nitrogens is 2. The van der Waals surface area contributed by atoms with Crippen molar-refractivity contribution in [3.8, 4) is 11.4 Å². The highest BCUT2D eigenvalue weighted by Gasteiger charge is 2.30. The topological polar surface area (TPSA) is 68.0 Å². The van der Waals surface area contributed by atoms with Gasteiger partial charge >= 0.3 is 6.18 Å². The van der Waals surface area contributed by atoms with Crippen molar-refractivity contribution < 1.29 is 22.5 Å². The molecule has 0 aliphatic rings. The van der Waals surface area contributed by atoms with Gasteiger partial charge in [-0.05, 0) is 30.7 Å². The predicted octanol–water partition coefficient (Wildman–Crippen LogP) is 4.65. The summed E-state index contributed by atoms with van der Waals surface area (Å²) in [7, 11) is 0. The number of amides is 1. The molecule has 0 saturated heterocycles. The van der Waals surface area contributed by atoms with Gasteiger partial charge in [0.15, 0.2) is 0 Å². The number of nitrogens with zero attached hydrogens (tertiary/aromatic N) is 2. The van der Waals surface area contributed by atoms with E-state index >= 15 is 0 Å². The maximum atomic E-state index is 12.8. The van der Waals surface area contributed by atoms with Crippen LogP contribution in [-0.2, 0) is 11.0 Å². The molecule has 0 aliphatic heterocycles. The van der Waals surface area contributed by atoms with Crippen molar-refractivity contribution in [3.05, 3.63) is 77.7 Å². The Morgan fingerprint density at radius 2 is 1.89 bits per heavy atom. The van der Waals surface area contributed by atoms with Gasteiger partial charge < -0.3 is 9.84 Å². The standard InChI is InChI=1S/C20H16F3N3O2/c1-13(24-17(27)11-10-14-6-3-2-4-7-14)19-25-18(26-28-19)15-8-5-9-16(12-15)20(21,22)23/h2-13H,1H3,(H,24,27)/b11-10+/t13-/m1/s1. The fourth-order valence-electron chi connectivity index (χ4n) is 2.42. The fraction of sp³-hybridized carbons (Fsp3) is 0.150. The largest absolute Gasteiger partial charge is 0.416 e. The third kappa shape index (κ3) is 4.85. The van der Waals surface area contributed by atoms with Crippen LogP contribution in [0, 0.1) is 0 Å². The Hall–Kier alpha value is -3.42. The lowest BCUT2D eigenvalue weighted by Crippen LogP contribution is -2.24. The molecule has 3 aromatic rings. The second-order valence-corrected chi connectivity index (χ2v) is 6.01. The highest BCUT2D eigenvalue weighted by atomic mass is 19.4. The molecule has 144 valence electrons. The molecule has 3 rings (SSSR count). The van der Waals surface area contributed by atoms with Gasteiger partial charge in [-0.2, -0.15) is 18.2 Å². The normalized spacial score (nSPS) is 12.9. The molecule has 0 saturated carbocycles. The van der Waals surface area contributed by atoms with Crippen molar-refractivity contribution >= 4 is 12.0 Å². The van der Waals surface area contributed by atoms with Gasteiger partial charge in [0.05, 0.1) is 5.56 Å². The van der Waals surface area contributed by atoms with Crippen LogP contribution in [0.3, 0.4) is 0 Å². The molecule has 1 heterocycles. The second kappa shape index (κ2) is 8.08. The highest BCUT2D eigenvalue weighted by molar-refractivity contribution is 5.91. The van der Waals surface area contributed by atoms with Gasteiger partial charge in [0.2, 0.25) is 17.6 Å². The summed E-state index contributed by atoms with van der Waals surface area (Å²) >= 11 is 0. The monoisotopic (exact) mass is 387 g/mol. The Balaban J connectivity index is 1.68. The van der Waals surface area contributed by atoms with Gasteiger partial charge in [-0.25, -0.2) is 0 Å². The number of hydrogen-bond donors (Lipinski definition) is 1. The van der Waals surface area contributed by atoms with Crippen LogP contribution in [0.25, 0.3) is 17.5 Å². The third-order valence-corrected chi connectivity index (χ3v) is 3.85. The zero-order valence-corrected chi connectivity index (χ0v) is 14.8. The van der Waals surface area contributed by atoms with Gasteiger partial charge in [-0.3, -0.25) is 4.79 Å². The average Bonchev–Trinajstić information content (AvgIpc) is 3.17. The molecule has 1 aromatic heterocycles. The van der Waals surface area contributed by atoms with E-state index in [1.165, 1.54) is 18.2 Å². The zero-order chi connectivity index (χ0) is 20.1. The molecule has 0 bridgehead atoms. The molecular weight excluding hydrogens is 371 g/mol. The molecule has 0 aliphatic carbocycles. The third-order valence-electron chi connectivity index (χ3n) is 3.85. The van der Waals surface area contributed by atoms with Gasteiger partial charge in [0.1, 0.15) is 6.04 Å². The van der Waals surface area contributed by atoms with E-state index in [0.717, 1.165) is 17.7 Å². The lowest BCUT2D eigenvalue weighted by atomic mass is 10.1. The first-order valence-corrected chi connectivity index (χ1v) is 8.38. The average molecular weight is 387 g/mol. The minimum atomic E-state index is -4.46. The molecule has 1 N–H and O–H groups in total. The number of halogens is 3. The summed E-state index contributed by atoms with van der Waals surface area (Å²) in [5.41, 5.74) is 0.242. The Morgan fingerprint density at radius 1 is 1.14 bits per heavy atom. The first-order chi connectivity index (χ1) is 13.3. The van der Waals surface area contributed by atoms with Crippen LogP contribution in [0.2, 0.25) is 0 Å². The maximum Gasteiger partial charge on any atom is 0.416 e. The second-order valence-electron chi connectivity index (χ2n) is 6.01. The van der Waals surface area contributed by atoms with E-state index in [2.05, 4.69) is 15.5 Å².